The first-order valence-electron chi connectivity index (χ1n) is 5.09. The average molecular weight is 273 g/mol. The molecule has 1 aromatic rings. The molecule has 0 aliphatic carbocycles. The van der Waals surface area contributed by atoms with E-state index in [0.717, 1.165) is 17.8 Å². The van der Waals surface area contributed by atoms with Crippen molar-refractivity contribution in [3.63, 3.8) is 0 Å². The third kappa shape index (κ3) is 2.33. The smallest absolute Gasteiger partial charge is 0.117 e. The summed E-state index contributed by atoms with van der Waals surface area (Å²) < 4.78 is 0. The van der Waals surface area contributed by atoms with E-state index in [0.29, 0.717) is 11.7 Å². The Bertz CT molecular complexity index is 500. The van der Waals surface area contributed by atoms with Crippen molar-refractivity contribution in [2.24, 2.45) is 4.99 Å². The largest absolute Gasteiger partial charge is 0.508 e. The van der Waals surface area contributed by atoms with Gasteiger partial charge in [0.15, 0.2) is 0 Å². The van der Waals surface area contributed by atoms with Crippen molar-refractivity contribution in [3.8, 4) is 5.75 Å². The maximum absolute atomic E-state index is 9.41. The molecule has 100 valence electrons. The molecule has 6 N–H and O–H groups in total. The number of halogens is 1. The van der Waals surface area contributed by atoms with Gasteiger partial charge in [-0.25, -0.2) is 0 Å². The number of phenolic OH excluding ortho intramolecular Hbond substituents is 1. The van der Waals surface area contributed by atoms with Gasteiger partial charge in [0.25, 0.3) is 0 Å². The van der Waals surface area contributed by atoms with Gasteiger partial charge in [0.2, 0.25) is 0 Å². The van der Waals surface area contributed by atoms with Crippen LogP contribution in [-0.4, -0.2) is 22.3 Å². The maximum Gasteiger partial charge on any atom is 0.117 e. The van der Waals surface area contributed by atoms with Gasteiger partial charge in [0.1, 0.15) is 5.75 Å². The molecule has 0 bridgehead atoms. The molecule has 1 atom stereocenters. The lowest BCUT2D eigenvalue weighted by Gasteiger charge is -2.15. The lowest BCUT2D eigenvalue weighted by atomic mass is 9.93. The highest BCUT2D eigenvalue weighted by atomic mass is 35.5. The van der Waals surface area contributed by atoms with Crippen LogP contribution in [0.15, 0.2) is 34.6 Å². The Morgan fingerprint density at radius 1 is 1.33 bits per heavy atom. The van der Waals surface area contributed by atoms with Crippen molar-refractivity contribution < 1.29 is 16.1 Å². The monoisotopic (exact) mass is 272 g/mol. The number of nitrogens with one attached hydrogen (secondary N) is 1. The second-order valence-electron chi connectivity index (χ2n) is 4.00. The minimum atomic E-state index is 0. The van der Waals surface area contributed by atoms with Crippen LogP contribution in [0.1, 0.15) is 24.8 Å². The number of aliphatic imine (C=N–C) groups is 1. The highest BCUT2D eigenvalue weighted by Gasteiger charge is 2.29. The van der Waals surface area contributed by atoms with Crippen LogP contribution in [-0.2, 0) is 0 Å². The van der Waals surface area contributed by atoms with Crippen LogP contribution >= 0.6 is 12.4 Å². The summed E-state index contributed by atoms with van der Waals surface area (Å²) in [7, 11) is 0. The first-order chi connectivity index (χ1) is 7.25. The number of anilines is 1. The van der Waals surface area contributed by atoms with Crippen molar-refractivity contribution >= 4 is 24.3 Å². The Labute approximate surface area is 111 Å². The summed E-state index contributed by atoms with van der Waals surface area (Å²) in [4.78, 5) is 4.31. The molecule has 5 nitrogen and oxygen atoms in total. The standard InChI is InChI=1S/C12H12N2O.ClH.2H2O/c1-7-12-10(4-5-13-7)9-3-2-8(15)6-11(9)14-12;;;/h2-3,5-6,10,14-15H,4H2,1H3;1H;2*1H2. The first-order valence-corrected chi connectivity index (χ1v) is 5.09. The molecule has 0 amide bonds. The molecule has 2 heterocycles. The third-order valence-electron chi connectivity index (χ3n) is 3.05. The quantitative estimate of drug-likeness (QED) is 0.744. The van der Waals surface area contributed by atoms with E-state index in [-0.39, 0.29) is 23.4 Å². The Kier molecular flexibility index (Phi) is 5.35. The predicted molar refractivity (Wildman–Crippen MR) is 74.8 cm³/mol. The predicted octanol–water partition coefficient (Wildman–Crippen LogP) is 1.38. The Morgan fingerprint density at radius 2 is 2.06 bits per heavy atom. The minimum absolute atomic E-state index is 0. The van der Waals surface area contributed by atoms with Crippen molar-refractivity contribution in [1.82, 2.24) is 0 Å². The van der Waals surface area contributed by atoms with E-state index in [9.17, 15) is 5.11 Å². The second-order valence-corrected chi connectivity index (χ2v) is 4.00. The van der Waals surface area contributed by atoms with Crippen LogP contribution in [0.2, 0.25) is 0 Å². The summed E-state index contributed by atoms with van der Waals surface area (Å²) in [6, 6.07) is 5.50. The third-order valence-corrected chi connectivity index (χ3v) is 3.05. The number of hydrogen-bond acceptors (Lipinski definition) is 3. The molecule has 1 unspecified atom stereocenters. The summed E-state index contributed by atoms with van der Waals surface area (Å²) in [6.45, 7) is 2.01. The van der Waals surface area contributed by atoms with Crippen molar-refractivity contribution in [2.45, 2.75) is 19.3 Å². The van der Waals surface area contributed by atoms with Gasteiger partial charge in [0, 0.05) is 29.6 Å². The van der Waals surface area contributed by atoms with Gasteiger partial charge >= 0.3 is 0 Å². The summed E-state index contributed by atoms with van der Waals surface area (Å²) in [5.74, 6) is 0.706. The second kappa shape index (κ2) is 5.86. The molecule has 0 saturated carbocycles. The van der Waals surface area contributed by atoms with Gasteiger partial charge in [-0.1, -0.05) is 6.07 Å². The summed E-state index contributed by atoms with van der Waals surface area (Å²) >= 11 is 0. The molecule has 0 saturated heterocycles. The first kappa shape index (κ1) is 16.4. The normalized spacial score (nSPS) is 18.6. The summed E-state index contributed by atoms with van der Waals surface area (Å²) in [6.07, 6.45) is 2.91. The fourth-order valence-corrected chi connectivity index (χ4v) is 2.30. The molecule has 0 fully saturated rings. The molecular formula is C12H17ClN2O3. The minimum Gasteiger partial charge on any atom is -0.508 e. The zero-order valence-electron chi connectivity index (χ0n) is 9.90. The van der Waals surface area contributed by atoms with E-state index < -0.39 is 0 Å². The summed E-state index contributed by atoms with van der Waals surface area (Å²) in [5.41, 5.74) is 4.49. The molecule has 3 rings (SSSR count). The Hall–Kier alpha value is -1.56. The topological polar surface area (TPSA) is 108 Å². The zero-order chi connectivity index (χ0) is 10.4. The fraction of sp³-hybridized carbons (Fsp3) is 0.250. The van der Waals surface area contributed by atoms with Crippen molar-refractivity contribution in [1.29, 1.82) is 0 Å². The van der Waals surface area contributed by atoms with Gasteiger partial charge in [-0.05, 0) is 25.0 Å². The highest BCUT2D eigenvalue weighted by molar-refractivity contribution is 5.85. The Balaban J connectivity index is 0.000000963. The molecule has 18 heavy (non-hydrogen) atoms. The molecule has 0 radical (unpaired) electrons. The van der Waals surface area contributed by atoms with Crippen molar-refractivity contribution in [2.75, 3.05) is 5.32 Å². The maximum atomic E-state index is 9.41. The van der Waals surface area contributed by atoms with Crippen LogP contribution in [0.3, 0.4) is 0 Å². The molecular weight excluding hydrogens is 256 g/mol. The molecule has 2 aliphatic rings. The molecule has 2 aliphatic heterocycles. The number of aromatic hydroxyl groups is 1. The van der Waals surface area contributed by atoms with Gasteiger partial charge in [-0.3, -0.25) is 4.99 Å². The van der Waals surface area contributed by atoms with E-state index in [1.165, 1.54) is 11.3 Å². The number of hydrogen-bond donors (Lipinski definition) is 2. The van der Waals surface area contributed by atoms with E-state index in [2.05, 4.69) is 10.3 Å². The Morgan fingerprint density at radius 3 is 2.78 bits per heavy atom. The summed E-state index contributed by atoms with van der Waals surface area (Å²) in [5, 5.41) is 12.7. The number of nitrogens with zero attached hydrogens (tertiary/aromatic N) is 1. The van der Waals surface area contributed by atoms with E-state index in [1.54, 1.807) is 12.1 Å². The number of phenols is 1. The fourth-order valence-electron chi connectivity index (χ4n) is 2.30. The van der Waals surface area contributed by atoms with Crippen LogP contribution in [0.25, 0.3) is 0 Å². The lowest BCUT2D eigenvalue weighted by molar-refractivity contribution is 0.475. The number of rotatable bonds is 0. The van der Waals surface area contributed by atoms with E-state index >= 15 is 0 Å². The molecule has 1 aromatic carbocycles. The van der Waals surface area contributed by atoms with Gasteiger partial charge in [-0.2, -0.15) is 0 Å². The van der Waals surface area contributed by atoms with Crippen LogP contribution in [0.4, 0.5) is 5.69 Å². The molecule has 6 heteroatoms. The van der Waals surface area contributed by atoms with Gasteiger partial charge in [0.05, 0.1) is 5.70 Å². The van der Waals surface area contributed by atoms with Gasteiger partial charge < -0.3 is 21.4 Å². The van der Waals surface area contributed by atoms with Crippen molar-refractivity contribution in [3.05, 3.63) is 35.2 Å². The van der Waals surface area contributed by atoms with E-state index in [4.69, 9.17) is 0 Å². The van der Waals surface area contributed by atoms with Crippen LogP contribution in [0, 0.1) is 0 Å². The SMILES string of the molecule is CC1=C2Nc3cc(O)ccc3C2CC=N1.Cl.O.O. The number of benzene rings is 1. The average Bonchev–Trinajstić information content (AvgIpc) is 2.57. The number of fused-ring (bicyclic) bond motifs is 3. The molecule has 0 aromatic heterocycles. The van der Waals surface area contributed by atoms with Crippen LogP contribution < -0.4 is 5.32 Å². The lowest BCUT2D eigenvalue weighted by Crippen LogP contribution is -2.07. The van der Waals surface area contributed by atoms with E-state index in [1.807, 2.05) is 19.2 Å². The number of allylic oxidation sites excluding steroid dienone is 2. The zero-order valence-corrected chi connectivity index (χ0v) is 10.7. The molecule has 0 spiro atoms. The van der Waals surface area contributed by atoms with Crippen LogP contribution in [0.5, 0.6) is 5.75 Å². The van der Waals surface area contributed by atoms with Gasteiger partial charge in [-0.15, -0.1) is 12.4 Å². The highest BCUT2D eigenvalue weighted by Crippen LogP contribution is 2.44.